The molecule has 114 valence electrons. The molecule has 6 heteroatoms. The van der Waals surface area contributed by atoms with Gasteiger partial charge in [0, 0.05) is 5.92 Å². The van der Waals surface area contributed by atoms with Crippen LogP contribution in [-0.4, -0.2) is 31.3 Å². The van der Waals surface area contributed by atoms with Gasteiger partial charge in [-0.3, -0.25) is 4.79 Å². The molecule has 4 aliphatic carbocycles. The van der Waals surface area contributed by atoms with Crippen LogP contribution < -0.4 is 0 Å². The summed E-state index contributed by atoms with van der Waals surface area (Å²) in [4.78, 5) is 11.1. The number of nitrogens with zero attached hydrogens (tertiary/aromatic N) is 4. The fourth-order valence-electron chi connectivity index (χ4n) is 5.26. The van der Waals surface area contributed by atoms with E-state index in [9.17, 15) is 4.79 Å². The highest BCUT2D eigenvalue weighted by atomic mass is 16.4. The standard InChI is InChI=1S/C15H22N4O2/c1-8(15(20)21)7-19-14(16-17-18-19)13-11-3-9-2-10(5-11)6-12(13)4-9/h8-13H,2-7H2,1H3,(H,20,21). The number of aliphatic carboxylic acids is 1. The SMILES string of the molecule is CC(Cn1nnnc1C1C2CC3CC(C2)CC1C3)C(=O)O. The topological polar surface area (TPSA) is 80.9 Å². The first-order valence-corrected chi connectivity index (χ1v) is 8.10. The number of carbonyl (C=O) groups is 1. The molecule has 21 heavy (non-hydrogen) atoms. The summed E-state index contributed by atoms with van der Waals surface area (Å²) in [6, 6.07) is 0. The van der Waals surface area contributed by atoms with Crippen LogP contribution in [0.1, 0.15) is 50.8 Å². The maximum absolute atomic E-state index is 11.1. The summed E-state index contributed by atoms with van der Waals surface area (Å²) < 4.78 is 1.76. The summed E-state index contributed by atoms with van der Waals surface area (Å²) in [6.07, 6.45) is 6.71. The summed E-state index contributed by atoms with van der Waals surface area (Å²) in [5, 5.41) is 21.3. The zero-order valence-corrected chi connectivity index (χ0v) is 12.4. The molecular formula is C15H22N4O2. The third-order valence-electron chi connectivity index (χ3n) is 5.95. The van der Waals surface area contributed by atoms with Crippen molar-refractivity contribution in [2.45, 2.75) is 51.5 Å². The van der Waals surface area contributed by atoms with Crippen molar-refractivity contribution in [1.29, 1.82) is 0 Å². The Bertz CT molecular complexity index is 528. The highest BCUT2D eigenvalue weighted by molar-refractivity contribution is 5.69. The van der Waals surface area contributed by atoms with Gasteiger partial charge in [-0.25, -0.2) is 4.68 Å². The second-order valence-corrected chi connectivity index (χ2v) is 7.41. The molecule has 1 aromatic rings. The molecule has 0 aliphatic heterocycles. The van der Waals surface area contributed by atoms with Gasteiger partial charge in [0.15, 0.2) is 5.82 Å². The molecule has 0 radical (unpaired) electrons. The lowest BCUT2D eigenvalue weighted by molar-refractivity contribution is -0.141. The highest BCUT2D eigenvalue weighted by Crippen LogP contribution is 2.59. The van der Waals surface area contributed by atoms with Crippen molar-refractivity contribution in [3.05, 3.63) is 5.82 Å². The van der Waals surface area contributed by atoms with Gasteiger partial charge in [0.1, 0.15) is 0 Å². The Morgan fingerprint density at radius 3 is 2.43 bits per heavy atom. The van der Waals surface area contributed by atoms with Crippen molar-refractivity contribution in [2.24, 2.45) is 29.6 Å². The zero-order chi connectivity index (χ0) is 14.6. The molecular weight excluding hydrogens is 268 g/mol. The lowest BCUT2D eigenvalue weighted by atomic mass is 9.51. The monoisotopic (exact) mass is 290 g/mol. The number of carboxylic acids is 1. The van der Waals surface area contributed by atoms with Crippen LogP contribution in [0.5, 0.6) is 0 Å². The molecule has 6 nitrogen and oxygen atoms in total. The molecule has 1 N–H and O–H groups in total. The number of carboxylic acid groups (broad SMARTS) is 1. The third kappa shape index (κ3) is 2.15. The van der Waals surface area contributed by atoms with Gasteiger partial charge in [0.25, 0.3) is 0 Å². The Morgan fingerprint density at radius 1 is 1.24 bits per heavy atom. The van der Waals surface area contributed by atoms with Crippen LogP contribution in [-0.2, 0) is 11.3 Å². The number of aromatic nitrogens is 4. The summed E-state index contributed by atoms with van der Waals surface area (Å²) >= 11 is 0. The second-order valence-electron chi connectivity index (χ2n) is 7.41. The zero-order valence-electron chi connectivity index (χ0n) is 12.4. The Morgan fingerprint density at radius 2 is 1.86 bits per heavy atom. The summed E-state index contributed by atoms with van der Waals surface area (Å²) in [6.45, 7) is 2.09. The van der Waals surface area contributed by atoms with Crippen LogP contribution in [0.3, 0.4) is 0 Å². The van der Waals surface area contributed by atoms with Crippen LogP contribution in [0.25, 0.3) is 0 Å². The van der Waals surface area contributed by atoms with Crippen LogP contribution in [0.4, 0.5) is 0 Å². The van der Waals surface area contributed by atoms with Gasteiger partial charge < -0.3 is 5.11 Å². The van der Waals surface area contributed by atoms with Gasteiger partial charge in [-0.05, 0) is 66.2 Å². The largest absolute Gasteiger partial charge is 0.481 e. The van der Waals surface area contributed by atoms with E-state index in [0.717, 1.165) is 17.7 Å². The fourth-order valence-corrected chi connectivity index (χ4v) is 5.26. The van der Waals surface area contributed by atoms with Gasteiger partial charge in [0.05, 0.1) is 12.5 Å². The van der Waals surface area contributed by atoms with Gasteiger partial charge in [-0.15, -0.1) is 5.10 Å². The van der Waals surface area contributed by atoms with Crippen LogP contribution in [0, 0.1) is 29.6 Å². The molecule has 0 amide bonds. The predicted molar refractivity (Wildman–Crippen MR) is 74.4 cm³/mol. The molecule has 1 unspecified atom stereocenters. The van der Waals surface area contributed by atoms with Crippen molar-refractivity contribution in [3.8, 4) is 0 Å². The van der Waals surface area contributed by atoms with Crippen molar-refractivity contribution < 1.29 is 9.90 Å². The lowest BCUT2D eigenvalue weighted by Crippen LogP contribution is -2.44. The summed E-state index contributed by atoms with van der Waals surface area (Å²) in [7, 11) is 0. The predicted octanol–water partition coefficient (Wildman–Crippen LogP) is 1.93. The second kappa shape index (κ2) is 4.78. The lowest BCUT2D eigenvalue weighted by Gasteiger charge is -2.53. The first-order chi connectivity index (χ1) is 10.1. The molecule has 1 heterocycles. The van der Waals surface area contributed by atoms with E-state index in [-0.39, 0.29) is 0 Å². The molecule has 0 spiro atoms. The number of rotatable bonds is 4. The van der Waals surface area contributed by atoms with E-state index in [0.29, 0.717) is 24.3 Å². The van der Waals surface area contributed by atoms with E-state index in [4.69, 9.17) is 5.11 Å². The molecule has 1 atom stereocenters. The molecule has 5 rings (SSSR count). The maximum Gasteiger partial charge on any atom is 0.308 e. The Labute approximate surface area is 123 Å². The molecule has 0 saturated heterocycles. The molecule has 4 bridgehead atoms. The van der Waals surface area contributed by atoms with Crippen molar-refractivity contribution in [2.75, 3.05) is 0 Å². The van der Waals surface area contributed by atoms with E-state index in [1.807, 2.05) is 0 Å². The van der Waals surface area contributed by atoms with E-state index >= 15 is 0 Å². The Hall–Kier alpha value is -1.46. The summed E-state index contributed by atoms with van der Waals surface area (Å²) in [5.41, 5.74) is 0. The quantitative estimate of drug-likeness (QED) is 0.916. The van der Waals surface area contributed by atoms with Crippen molar-refractivity contribution in [3.63, 3.8) is 0 Å². The minimum absolute atomic E-state index is 0.375. The minimum Gasteiger partial charge on any atom is -0.481 e. The Balaban J connectivity index is 1.59. The van der Waals surface area contributed by atoms with Gasteiger partial charge in [-0.1, -0.05) is 6.92 Å². The van der Waals surface area contributed by atoms with Crippen molar-refractivity contribution in [1.82, 2.24) is 20.2 Å². The van der Waals surface area contributed by atoms with Crippen LogP contribution in [0.2, 0.25) is 0 Å². The molecule has 4 saturated carbocycles. The first-order valence-electron chi connectivity index (χ1n) is 8.10. The van der Waals surface area contributed by atoms with E-state index < -0.39 is 11.9 Å². The van der Waals surface area contributed by atoms with Gasteiger partial charge >= 0.3 is 5.97 Å². The van der Waals surface area contributed by atoms with Gasteiger partial charge in [-0.2, -0.15) is 0 Å². The molecule has 4 aliphatic rings. The number of tetrazole rings is 1. The van der Waals surface area contributed by atoms with Crippen LogP contribution >= 0.6 is 0 Å². The van der Waals surface area contributed by atoms with Crippen molar-refractivity contribution >= 4 is 5.97 Å². The summed E-state index contributed by atoms with van der Waals surface area (Å²) in [5.74, 6) is 3.42. The third-order valence-corrected chi connectivity index (χ3v) is 5.95. The molecule has 0 aromatic carbocycles. The fraction of sp³-hybridized carbons (Fsp3) is 0.867. The smallest absolute Gasteiger partial charge is 0.308 e. The van der Waals surface area contributed by atoms with E-state index in [1.54, 1.807) is 11.6 Å². The van der Waals surface area contributed by atoms with E-state index in [1.165, 1.54) is 32.1 Å². The number of hydrogen-bond acceptors (Lipinski definition) is 4. The van der Waals surface area contributed by atoms with E-state index in [2.05, 4.69) is 15.5 Å². The average Bonchev–Trinajstić information content (AvgIpc) is 2.85. The van der Waals surface area contributed by atoms with Crippen LogP contribution in [0.15, 0.2) is 0 Å². The first kappa shape index (κ1) is 13.2. The molecule has 4 fully saturated rings. The van der Waals surface area contributed by atoms with Gasteiger partial charge in [0.2, 0.25) is 0 Å². The normalized spacial score (nSPS) is 38.6. The molecule has 1 aromatic heterocycles. The minimum atomic E-state index is -0.790. The Kier molecular flexibility index (Phi) is 3.01. The maximum atomic E-state index is 11.1. The number of hydrogen-bond donors (Lipinski definition) is 1. The average molecular weight is 290 g/mol. The highest BCUT2D eigenvalue weighted by Gasteiger charge is 2.50.